The number of phenols is 4. The van der Waals surface area contributed by atoms with Crippen LogP contribution in [0.4, 0.5) is 0 Å². The molecule has 6 rings (SSSR count). The minimum absolute atomic E-state index is 0.0416. The Labute approximate surface area is 270 Å². The third kappa shape index (κ3) is 6.21. The number of aromatic nitrogens is 2. The van der Waals surface area contributed by atoms with Gasteiger partial charge in [0.25, 0.3) is 15.1 Å². The lowest BCUT2D eigenvalue weighted by Crippen LogP contribution is -2.32. The average Bonchev–Trinajstić information content (AvgIpc) is 3.31. The zero-order valence-electron chi connectivity index (χ0n) is 25.4. The van der Waals surface area contributed by atoms with Gasteiger partial charge < -0.3 is 20.4 Å². The zero-order valence-corrected chi connectivity index (χ0v) is 27.1. The van der Waals surface area contributed by atoms with E-state index < -0.39 is 15.0 Å². The standard InChI is InChI=1S/C35H32N2O7S2/c1-19-9-24-15-27-12-21(7-8-31-37(3)36-20(2)45-31)11-26(34(27)40)13-22-5-4-6-23(32(22)38)14-28-17-30(46(42,43)44)18-29(35(28)41)16-25(10-19)33(24)39/h4-12,17-18H,13-16H2,1-3H3,(H4,38,39,41,42,43,44)/p+1. The van der Waals surface area contributed by atoms with Crippen molar-refractivity contribution < 1.29 is 38.1 Å². The molecule has 0 radical (unpaired) electrons. The summed E-state index contributed by atoms with van der Waals surface area (Å²) in [5, 5.41) is 52.0. The number of aromatic hydroxyl groups is 4. The molecule has 1 heterocycles. The molecule has 0 fully saturated rings. The largest absolute Gasteiger partial charge is 0.507 e. The Kier molecular flexibility index (Phi) is 8.09. The molecule has 1 aromatic heterocycles. The molecule has 5 N–H and O–H groups in total. The first-order chi connectivity index (χ1) is 21.8. The fraction of sp³-hybridized carbons (Fsp3) is 0.200. The van der Waals surface area contributed by atoms with Crippen LogP contribution < -0.4 is 4.68 Å². The van der Waals surface area contributed by atoms with Gasteiger partial charge in [0, 0.05) is 48.0 Å². The Bertz CT molecular complexity index is 2170. The van der Waals surface area contributed by atoms with E-state index in [9.17, 15) is 33.4 Å². The minimum Gasteiger partial charge on any atom is -0.507 e. The molecule has 8 bridgehead atoms. The van der Waals surface area contributed by atoms with E-state index in [1.54, 1.807) is 40.3 Å². The van der Waals surface area contributed by atoms with E-state index in [1.807, 2.05) is 51.2 Å². The second-order valence-corrected chi connectivity index (χ2v) is 14.4. The maximum Gasteiger partial charge on any atom is 0.294 e. The lowest BCUT2D eigenvalue weighted by atomic mass is 9.90. The van der Waals surface area contributed by atoms with Crippen LogP contribution in [0, 0.1) is 13.8 Å². The molecule has 4 aromatic carbocycles. The fourth-order valence-electron chi connectivity index (χ4n) is 6.06. The van der Waals surface area contributed by atoms with Gasteiger partial charge in [-0.15, -0.1) is 0 Å². The fourth-order valence-corrected chi connectivity index (χ4v) is 7.42. The van der Waals surface area contributed by atoms with Gasteiger partial charge in [0.15, 0.2) is 12.1 Å². The van der Waals surface area contributed by atoms with Crippen LogP contribution in [0.5, 0.6) is 23.0 Å². The predicted molar refractivity (Wildman–Crippen MR) is 175 cm³/mol. The molecule has 5 aromatic rings. The summed E-state index contributed by atoms with van der Waals surface area (Å²) in [6.45, 7) is 3.80. The third-order valence-corrected chi connectivity index (χ3v) is 10.1. The molecule has 0 atom stereocenters. The van der Waals surface area contributed by atoms with Crippen LogP contribution in [-0.4, -0.2) is 38.5 Å². The first kappa shape index (κ1) is 31.3. The van der Waals surface area contributed by atoms with Crippen molar-refractivity contribution in [1.29, 1.82) is 0 Å². The first-order valence-corrected chi connectivity index (χ1v) is 16.8. The second-order valence-electron chi connectivity index (χ2n) is 11.7. The van der Waals surface area contributed by atoms with Crippen LogP contribution in [0.1, 0.15) is 65.6 Å². The summed E-state index contributed by atoms with van der Waals surface area (Å²) in [4.78, 5) is -0.401. The minimum atomic E-state index is -4.64. The van der Waals surface area contributed by atoms with E-state index >= 15 is 0 Å². The molecular weight excluding hydrogens is 625 g/mol. The number of rotatable bonds is 3. The van der Waals surface area contributed by atoms with Crippen molar-refractivity contribution >= 4 is 33.6 Å². The number of hydrogen-bond acceptors (Lipinski definition) is 8. The van der Waals surface area contributed by atoms with Crippen LogP contribution in [0.25, 0.3) is 12.2 Å². The van der Waals surface area contributed by atoms with Gasteiger partial charge >= 0.3 is 0 Å². The lowest BCUT2D eigenvalue weighted by molar-refractivity contribution is -0.727. The molecule has 236 valence electrons. The number of hydrogen-bond donors (Lipinski definition) is 5. The summed E-state index contributed by atoms with van der Waals surface area (Å²) in [6.07, 6.45) is 4.15. The Morgan fingerprint density at radius 1 is 0.696 bits per heavy atom. The number of para-hydroxylation sites is 1. The number of nitrogens with zero attached hydrogens (tertiary/aromatic N) is 2. The maximum atomic E-state index is 12.2. The van der Waals surface area contributed by atoms with Crippen LogP contribution in [-0.2, 0) is 42.8 Å². The zero-order chi connectivity index (χ0) is 32.9. The molecule has 0 saturated heterocycles. The highest BCUT2D eigenvalue weighted by molar-refractivity contribution is 7.85. The highest BCUT2D eigenvalue weighted by atomic mass is 32.2. The topological polar surface area (TPSA) is 152 Å². The summed E-state index contributed by atoms with van der Waals surface area (Å²) in [6, 6.07) is 14.8. The summed E-state index contributed by atoms with van der Waals surface area (Å²) in [7, 11) is -2.76. The van der Waals surface area contributed by atoms with E-state index in [2.05, 4.69) is 5.10 Å². The van der Waals surface area contributed by atoms with Gasteiger partial charge in [-0.1, -0.05) is 40.6 Å². The molecular formula is C35H33N2O7S2+. The molecule has 11 heteroatoms. The van der Waals surface area contributed by atoms with Gasteiger partial charge in [-0.3, -0.25) is 4.55 Å². The van der Waals surface area contributed by atoms with Gasteiger partial charge in [-0.25, -0.2) is 0 Å². The Morgan fingerprint density at radius 2 is 1.13 bits per heavy atom. The van der Waals surface area contributed by atoms with Crippen molar-refractivity contribution in [2.75, 3.05) is 0 Å². The Balaban J connectivity index is 1.57. The van der Waals surface area contributed by atoms with Gasteiger partial charge in [-0.2, -0.15) is 8.42 Å². The second kappa shape index (κ2) is 11.9. The highest BCUT2D eigenvalue weighted by Crippen LogP contribution is 2.39. The molecule has 1 aliphatic rings. The highest BCUT2D eigenvalue weighted by Gasteiger charge is 2.22. The number of phenolic OH excluding ortho intramolecular Hbond substituents is 4. The molecule has 46 heavy (non-hydrogen) atoms. The van der Waals surface area contributed by atoms with Gasteiger partial charge in [0.05, 0.1) is 4.90 Å². The van der Waals surface area contributed by atoms with Crippen molar-refractivity contribution in [3.05, 3.63) is 120 Å². The molecule has 0 unspecified atom stereocenters. The smallest absolute Gasteiger partial charge is 0.294 e. The van der Waals surface area contributed by atoms with Crippen molar-refractivity contribution in [3.8, 4) is 23.0 Å². The van der Waals surface area contributed by atoms with Gasteiger partial charge in [-0.05, 0) is 94.5 Å². The first-order valence-electron chi connectivity index (χ1n) is 14.6. The quantitative estimate of drug-likeness (QED) is 0.124. The van der Waals surface area contributed by atoms with Crippen molar-refractivity contribution in [1.82, 2.24) is 5.10 Å². The summed E-state index contributed by atoms with van der Waals surface area (Å²) in [5.41, 5.74) is 5.03. The van der Waals surface area contributed by atoms with Crippen molar-refractivity contribution in [2.45, 2.75) is 44.4 Å². The van der Waals surface area contributed by atoms with Crippen LogP contribution in [0.3, 0.4) is 0 Å². The SMILES string of the molecule is Cc1cc2c(O)c(c1)Cc1cc(S(=O)(=O)O)cc(c1O)Cc1cccc(c1O)Cc1cc(/C=C/c3sc(C)n[n+]3C)cc(c1O)C2. The third-order valence-electron chi connectivity index (χ3n) is 8.25. The van der Waals surface area contributed by atoms with Crippen molar-refractivity contribution in [3.63, 3.8) is 0 Å². The Hall–Kier alpha value is -4.71. The van der Waals surface area contributed by atoms with E-state index in [0.29, 0.717) is 33.4 Å². The van der Waals surface area contributed by atoms with Gasteiger partial charge in [0.1, 0.15) is 23.0 Å². The van der Waals surface area contributed by atoms with Crippen LogP contribution in [0.15, 0.2) is 59.5 Å². The van der Waals surface area contributed by atoms with Crippen molar-refractivity contribution in [2.24, 2.45) is 7.05 Å². The average molecular weight is 658 g/mol. The molecule has 1 aliphatic carbocycles. The predicted octanol–water partition coefficient (Wildman–Crippen LogP) is 5.50. The molecule has 0 aliphatic heterocycles. The molecule has 9 nitrogen and oxygen atoms in total. The summed E-state index contributed by atoms with van der Waals surface area (Å²) in [5.74, 6) is -0.250. The molecule has 0 amide bonds. The molecule has 0 spiro atoms. The monoisotopic (exact) mass is 657 g/mol. The normalized spacial score (nSPS) is 13.3. The summed E-state index contributed by atoms with van der Waals surface area (Å²) >= 11 is 1.55. The molecule has 0 saturated carbocycles. The van der Waals surface area contributed by atoms with E-state index in [0.717, 1.165) is 21.1 Å². The van der Waals surface area contributed by atoms with Crippen LogP contribution >= 0.6 is 11.3 Å². The van der Waals surface area contributed by atoms with E-state index in [4.69, 9.17) is 0 Å². The van der Waals surface area contributed by atoms with E-state index in [-0.39, 0.29) is 59.8 Å². The summed E-state index contributed by atoms with van der Waals surface area (Å²) < 4.78 is 36.2. The van der Waals surface area contributed by atoms with Gasteiger partial charge in [0.2, 0.25) is 0 Å². The number of benzene rings is 4. The lowest BCUT2D eigenvalue weighted by Gasteiger charge is -2.18. The van der Waals surface area contributed by atoms with Crippen LogP contribution in [0.2, 0.25) is 0 Å². The number of fused-ring (bicyclic) bond motifs is 8. The Morgan fingerprint density at radius 3 is 1.59 bits per heavy atom. The number of aryl methyl sites for hydroxylation is 3. The maximum absolute atomic E-state index is 12.2. The van der Waals surface area contributed by atoms with E-state index in [1.165, 1.54) is 12.1 Å².